The number of anilines is 1. The van der Waals surface area contributed by atoms with Gasteiger partial charge in [0.15, 0.2) is 0 Å². The Kier molecular flexibility index (Phi) is 4.35. The van der Waals surface area contributed by atoms with Gasteiger partial charge in [0.25, 0.3) is 5.91 Å². The van der Waals surface area contributed by atoms with Crippen LogP contribution in [0.5, 0.6) is 0 Å². The molecule has 1 aliphatic rings. The Balaban J connectivity index is 2.10. The second-order valence-corrected chi connectivity index (χ2v) is 5.18. The summed E-state index contributed by atoms with van der Waals surface area (Å²) in [4.78, 5) is 22.8. The van der Waals surface area contributed by atoms with Crippen molar-refractivity contribution < 1.29 is 4.79 Å². The van der Waals surface area contributed by atoms with Crippen LogP contribution < -0.4 is 5.32 Å². The van der Waals surface area contributed by atoms with Gasteiger partial charge in [-0.25, -0.2) is 9.97 Å². The number of carbonyl (C=O) groups excluding carboxylic acids is 1. The SMILES string of the molecule is CCNc1cnc(C(=O)N2CCCC(C)C2C)cn1. The van der Waals surface area contributed by atoms with Gasteiger partial charge < -0.3 is 10.2 Å². The highest BCUT2D eigenvalue weighted by atomic mass is 16.2. The van der Waals surface area contributed by atoms with Crippen LogP contribution in [0.4, 0.5) is 5.82 Å². The molecule has 0 radical (unpaired) electrons. The number of nitrogens with one attached hydrogen (secondary N) is 1. The molecule has 5 nitrogen and oxygen atoms in total. The van der Waals surface area contributed by atoms with E-state index in [2.05, 4.69) is 29.1 Å². The fourth-order valence-electron chi connectivity index (χ4n) is 2.48. The normalized spacial score (nSPS) is 23.2. The van der Waals surface area contributed by atoms with Crippen LogP contribution in [-0.2, 0) is 0 Å². The van der Waals surface area contributed by atoms with Crippen molar-refractivity contribution in [2.45, 2.75) is 39.7 Å². The molecule has 1 aromatic rings. The Morgan fingerprint density at radius 2 is 2.21 bits per heavy atom. The van der Waals surface area contributed by atoms with Gasteiger partial charge in [0.1, 0.15) is 11.5 Å². The molecular formula is C14H22N4O. The second kappa shape index (κ2) is 5.99. The van der Waals surface area contributed by atoms with Crippen LogP contribution in [0.25, 0.3) is 0 Å². The van der Waals surface area contributed by atoms with Crippen molar-refractivity contribution in [1.82, 2.24) is 14.9 Å². The molecule has 1 aromatic heterocycles. The maximum atomic E-state index is 12.4. The van der Waals surface area contributed by atoms with Crippen LogP contribution in [0.2, 0.25) is 0 Å². The number of likely N-dealkylation sites (tertiary alicyclic amines) is 1. The summed E-state index contributed by atoms with van der Waals surface area (Å²) in [5.41, 5.74) is 0.433. The summed E-state index contributed by atoms with van der Waals surface area (Å²) in [7, 11) is 0. The molecule has 0 saturated carbocycles. The highest BCUT2D eigenvalue weighted by molar-refractivity contribution is 5.92. The Labute approximate surface area is 114 Å². The van der Waals surface area contributed by atoms with E-state index in [1.54, 1.807) is 12.4 Å². The lowest BCUT2D eigenvalue weighted by Crippen LogP contribution is -2.46. The molecule has 1 fully saturated rings. The summed E-state index contributed by atoms with van der Waals surface area (Å²) >= 11 is 0. The van der Waals surface area contributed by atoms with Gasteiger partial charge in [-0.1, -0.05) is 6.92 Å². The van der Waals surface area contributed by atoms with E-state index in [0.717, 1.165) is 19.5 Å². The van der Waals surface area contributed by atoms with E-state index in [1.807, 2.05) is 11.8 Å². The van der Waals surface area contributed by atoms with Crippen molar-refractivity contribution in [3.8, 4) is 0 Å². The van der Waals surface area contributed by atoms with Crippen molar-refractivity contribution in [2.75, 3.05) is 18.4 Å². The monoisotopic (exact) mass is 262 g/mol. The lowest BCUT2D eigenvalue weighted by atomic mass is 9.92. The zero-order valence-electron chi connectivity index (χ0n) is 11.9. The molecule has 0 spiro atoms. The third-order valence-corrected chi connectivity index (χ3v) is 3.86. The largest absolute Gasteiger partial charge is 0.369 e. The molecule has 19 heavy (non-hydrogen) atoms. The summed E-state index contributed by atoms with van der Waals surface area (Å²) in [6.07, 6.45) is 5.44. The third-order valence-electron chi connectivity index (χ3n) is 3.86. The van der Waals surface area contributed by atoms with Gasteiger partial charge >= 0.3 is 0 Å². The smallest absolute Gasteiger partial charge is 0.274 e. The molecule has 0 aliphatic carbocycles. The van der Waals surface area contributed by atoms with Gasteiger partial charge in [-0.3, -0.25) is 4.79 Å². The number of nitrogens with zero attached hydrogens (tertiary/aromatic N) is 3. The Morgan fingerprint density at radius 1 is 1.42 bits per heavy atom. The first-order chi connectivity index (χ1) is 9.13. The molecule has 2 unspecified atom stereocenters. The van der Waals surface area contributed by atoms with Crippen molar-refractivity contribution in [2.24, 2.45) is 5.92 Å². The van der Waals surface area contributed by atoms with Crippen LogP contribution in [-0.4, -0.2) is 39.9 Å². The molecule has 0 bridgehead atoms. The lowest BCUT2D eigenvalue weighted by molar-refractivity contribution is 0.0544. The molecule has 5 heteroatoms. The first kappa shape index (κ1) is 13.8. The molecule has 1 amide bonds. The van der Waals surface area contributed by atoms with Crippen molar-refractivity contribution >= 4 is 11.7 Å². The molecule has 1 aliphatic heterocycles. The summed E-state index contributed by atoms with van der Waals surface area (Å²) in [5.74, 6) is 1.25. The van der Waals surface area contributed by atoms with Crippen molar-refractivity contribution in [1.29, 1.82) is 0 Å². The van der Waals surface area contributed by atoms with Crippen LogP contribution in [0.1, 0.15) is 44.1 Å². The van der Waals surface area contributed by atoms with E-state index in [0.29, 0.717) is 17.4 Å². The second-order valence-electron chi connectivity index (χ2n) is 5.18. The summed E-state index contributed by atoms with van der Waals surface area (Å²) < 4.78 is 0. The minimum Gasteiger partial charge on any atom is -0.369 e. The number of piperidine rings is 1. The fourth-order valence-corrected chi connectivity index (χ4v) is 2.48. The molecule has 2 atom stereocenters. The summed E-state index contributed by atoms with van der Waals surface area (Å²) in [5, 5.41) is 3.07. The van der Waals surface area contributed by atoms with Crippen LogP contribution in [0, 0.1) is 5.92 Å². The molecular weight excluding hydrogens is 240 g/mol. The van der Waals surface area contributed by atoms with Gasteiger partial charge in [-0.15, -0.1) is 0 Å². The fraction of sp³-hybridized carbons (Fsp3) is 0.643. The van der Waals surface area contributed by atoms with Crippen LogP contribution in [0.3, 0.4) is 0 Å². The van der Waals surface area contributed by atoms with E-state index >= 15 is 0 Å². The minimum absolute atomic E-state index is 0.00500. The highest BCUT2D eigenvalue weighted by Crippen LogP contribution is 2.24. The standard InChI is InChI=1S/C14H22N4O/c1-4-15-13-9-16-12(8-17-13)14(19)18-7-5-6-10(2)11(18)3/h8-11H,4-7H2,1-3H3,(H,15,17). The number of aromatic nitrogens is 2. The topological polar surface area (TPSA) is 58.1 Å². The molecule has 1 N–H and O–H groups in total. The van der Waals surface area contributed by atoms with Crippen LogP contribution in [0.15, 0.2) is 12.4 Å². The van der Waals surface area contributed by atoms with E-state index in [1.165, 1.54) is 6.42 Å². The number of carbonyl (C=O) groups is 1. The molecule has 1 saturated heterocycles. The minimum atomic E-state index is -0.00500. The summed E-state index contributed by atoms with van der Waals surface area (Å²) in [6, 6.07) is 0.275. The summed E-state index contributed by atoms with van der Waals surface area (Å²) in [6.45, 7) is 7.92. The van der Waals surface area contributed by atoms with E-state index in [-0.39, 0.29) is 11.9 Å². The molecule has 2 heterocycles. The van der Waals surface area contributed by atoms with E-state index in [9.17, 15) is 4.79 Å². The third kappa shape index (κ3) is 3.03. The average molecular weight is 262 g/mol. The van der Waals surface area contributed by atoms with Gasteiger partial charge in [0, 0.05) is 19.1 Å². The highest BCUT2D eigenvalue weighted by Gasteiger charge is 2.29. The van der Waals surface area contributed by atoms with Crippen LogP contribution >= 0.6 is 0 Å². The number of hydrogen-bond acceptors (Lipinski definition) is 4. The van der Waals surface area contributed by atoms with Gasteiger partial charge in [0.2, 0.25) is 0 Å². The Hall–Kier alpha value is -1.65. The van der Waals surface area contributed by atoms with Gasteiger partial charge in [-0.05, 0) is 32.6 Å². The predicted octanol–water partition coefficient (Wildman–Crippen LogP) is 2.17. The zero-order valence-corrected chi connectivity index (χ0v) is 11.9. The van der Waals surface area contributed by atoms with E-state index < -0.39 is 0 Å². The predicted molar refractivity (Wildman–Crippen MR) is 75.1 cm³/mol. The maximum absolute atomic E-state index is 12.4. The average Bonchev–Trinajstić information content (AvgIpc) is 2.42. The molecule has 104 valence electrons. The van der Waals surface area contributed by atoms with Crippen molar-refractivity contribution in [3.63, 3.8) is 0 Å². The quantitative estimate of drug-likeness (QED) is 0.907. The Bertz CT molecular complexity index is 432. The number of hydrogen-bond donors (Lipinski definition) is 1. The first-order valence-corrected chi connectivity index (χ1v) is 7.00. The van der Waals surface area contributed by atoms with E-state index in [4.69, 9.17) is 0 Å². The lowest BCUT2D eigenvalue weighted by Gasteiger charge is -2.37. The molecule has 0 aromatic carbocycles. The first-order valence-electron chi connectivity index (χ1n) is 7.00. The van der Waals surface area contributed by atoms with Gasteiger partial charge in [0.05, 0.1) is 12.4 Å². The number of amides is 1. The van der Waals surface area contributed by atoms with Gasteiger partial charge in [-0.2, -0.15) is 0 Å². The Morgan fingerprint density at radius 3 is 2.84 bits per heavy atom. The maximum Gasteiger partial charge on any atom is 0.274 e. The van der Waals surface area contributed by atoms with Crippen molar-refractivity contribution in [3.05, 3.63) is 18.1 Å². The molecule has 2 rings (SSSR count). The number of rotatable bonds is 3. The zero-order chi connectivity index (χ0) is 13.8.